The summed E-state index contributed by atoms with van der Waals surface area (Å²) in [6.45, 7) is 8.29. The van der Waals surface area contributed by atoms with Gasteiger partial charge in [0.2, 0.25) is 0 Å². The summed E-state index contributed by atoms with van der Waals surface area (Å²) in [6, 6.07) is 17.9. The second-order valence-corrected chi connectivity index (χ2v) is 10.3. The van der Waals surface area contributed by atoms with Crippen LogP contribution in [-0.4, -0.2) is 56.8 Å². The smallest absolute Gasteiger partial charge is 0.261 e. The largest absolute Gasteiger partial charge is 0.337 e. The van der Waals surface area contributed by atoms with Gasteiger partial charge in [-0.2, -0.15) is 0 Å². The van der Waals surface area contributed by atoms with Crippen molar-refractivity contribution in [1.29, 1.82) is 0 Å². The zero-order chi connectivity index (χ0) is 23.4. The molecule has 0 atom stereocenters. The minimum Gasteiger partial charge on any atom is -0.337 e. The zero-order valence-corrected chi connectivity index (χ0v) is 20.1. The highest BCUT2D eigenvalue weighted by Gasteiger charge is 2.23. The number of anilines is 1. The second-order valence-electron chi connectivity index (χ2n) is 8.58. The molecule has 1 heterocycles. The highest BCUT2D eigenvalue weighted by Crippen LogP contribution is 2.26. The lowest BCUT2D eigenvalue weighted by Crippen LogP contribution is -2.35. The molecule has 0 unspecified atom stereocenters. The van der Waals surface area contributed by atoms with E-state index in [4.69, 9.17) is 0 Å². The molecule has 0 aliphatic carbocycles. The monoisotopic (exact) mass is 465 g/mol. The van der Waals surface area contributed by atoms with Gasteiger partial charge < -0.3 is 9.80 Å². The molecule has 1 N–H and O–H groups in total. The van der Waals surface area contributed by atoms with Crippen molar-refractivity contribution in [1.82, 2.24) is 9.80 Å². The average Bonchev–Trinajstić information content (AvgIpc) is 3.05. The number of rotatable bonds is 6. The zero-order valence-electron chi connectivity index (χ0n) is 19.3. The summed E-state index contributed by atoms with van der Waals surface area (Å²) in [5, 5.41) is 1.84. The van der Waals surface area contributed by atoms with Crippen LogP contribution in [0.25, 0.3) is 10.8 Å². The van der Waals surface area contributed by atoms with Crippen molar-refractivity contribution in [2.24, 2.45) is 0 Å². The Kier molecular flexibility index (Phi) is 7.00. The van der Waals surface area contributed by atoms with Crippen LogP contribution in [0.4, 0.5) is 5.69 Å². The first-order valence-corrected chi connectivity index (χ1v) is 13.0. The van der Waals surface area contributed by atoms with Crippen molar-refractivity contribution in [2.45, 2.75) is 31.6 Å². The molecule has 0 aromatic heterocycles. The minimum atomic E-state index is -3.80. The molecule has 0 bridgehead atoms. The minimum absolute atomic E-state index is 0.0439. The number of nitrogens with one attached hydrogen (secondary N) is 1. The van der Waals surface area contributed by atoms with E-state index in [0.717, 1.165) is 43.2 Å². The van der Waals surface area contributed by atoms with E-state index >= 15 is 0 Å². The molecule has 1 amide bonds. The molecule has 4 rings (SSSR count). The maximum Gasteiger partial charge on any atom is 0.261 e. The van der Waals surface area contributed by atoms with Gasteiger partial charge in [0.05, 0.1) is 10.6 Å². The first kappa shape index (κ1) is 23.3. The number of amides is 1. The SMILES string of the molecule is CCCN1CCCN(C(=O)c2cccc(NS(=O)(=O)c3ccc4ccccc4c3)c2C)CC1. The summed E-state index contributed by atoms with van der Waals surface area (Å²) >= 11 is 0. The number of nitrogens with zero attached hydrogens (tertiary/aromatic N) is 2. The van der Waals surface area contributed by atoms with E-state index in [0.29, 0.717) is 29.9 Å². The van der Waals surface area contributed by atoms with E-state index in [-0.39, 0.29) is 10.8 Å². The van der Waals surface area contributed by atoms with Crippen LogP contribution in [0.5, 0.6) is 0 Å². The lowest BCUT2D eigenvalue weighted by molar-refractivity contribution is 0.0761. The molecule has 1 aliphatic rings. The molecule has 0 radical (unpaired) electrons. The first-order valence-electron chi connectivity index (χ1n) is 11.5. The second kappa shape index (κ2) is 9.93. The fourth-order valence-corrected chi connectivity index (χ4v) is 5.56. The predicted molar refractivity (Wildman–Crippen MR) is 133 cm³/mol. The number of carbonyl (C=O) groups excluding carboxylic acids is 1. The molecule has 33 heavy (non-hydrogen) atoms. The van der Waals surface area contributed by atoms with Gasteiger partial charge in [-0.05, 0) is 73.5 Å². The van der Waals surface area contributed by atoms with Gasteiger partial charge in [-0.15, -0.1) is 0 Å². The summed E-state index contributed by atoms with van der Waals surface area (Å²) in [4.78, 5) is 17.8. The fraction of sp³-hybridized carbons (Fsp3) is 0.346. The summed E-state index contributed by atoms with van der Waals surface area (Å²) < 4.78 is 28.9. The Bertz CT molecular complexity index is 1260. The van der Waals surface area contributed by atoms with E-state index in [2.05, 4.69) is 16.5 Å². The number of sulfonamides is 1. The molecule has 6 nitrogen and oxygen atoms in total. The van der Waals surface area contributed by atoms with E-state index in [1.165, 1.54) is 0 Å². The third-order valence-corrected chi connectivity index (χ3v) is 7.62. The van der Waals surface area contributed by atoms with Crippen LogP contribution in [0.15, 0.2) is 65.6 Å². The first-order chi connectivity index (χ1) is 15.9. The fourth-order valence-electron chi connectivity index (χ4n) is 4.40. The Morgan fingerprint density at radius 3 is 2.52 bits per heavy atom. The maximum atomic E-state index is 13.3. The summed E-state index contributed by atoms with van der Waals surface area (Å²) in [6.07, 6.45) is 2.05. The molecule has 1 fully saturated rings. The van der Waals surface area contributed by atoms with Crippen LogP contribution in [0.2, 0.25) is 0 Å². The van der Waals surface area contributed by atoms with E-state index in [9.17, 15) is 13.2 Å². The lowest BCUT2D eigenvalue weighted by Gasteiger charge is -2.23. The summed E-state index contributed by atoms with van der Waals surface area (Å²) in [5.41, 5.74) is 1.61. The van der Waals surface area contributed by atoms with Crippen LogP contribution in [0.1, 0.15) is 35.7 Å². The van der Waals surface area contributed by atoms with Crippen LogP contribution < -0.4 is 4.72 Å². The molecule has 3 aromatic rings. The predicted octanol–water partition coefficient (Wildman–Crippen LogP) is 4.51. The van der Waals surface area contributed by atoms with Crippen molar-refractivity contribution < 1.29 is 13.2 Å². The van der Waals surface area contributed by atoms with Crippen molar-refractivity contribution in [3.05, 3.63) is 71.8 Å². The molecule has 1 saturated heterocycles. The highest BCUT2D eigenvalue weighted by atomic mass is 32.2. The number of carbonyl (C=O) groups is 1. The van der Waals surface area contributed by atoms with Gasteiger partial charge in [0.25, 0.3) is 15.9 Å². The van der Waals surface area contributed by atoms with Gasteiger partial charge in [0.15, 0.2) is 0 Å². The average molecular weight is 466 g/mol. The van der Waals surface area contributed by atoms with E-state index < -0.39 is 10.0 Å². The molecule has 3 aromatic carbocycles. The molecule has 7 heteroatoms. The van der Waals surface area contributed by atoms with Gasteiger partial charge in [0, 0.05) is 25.2 Å². The molecular weight excluding hydrogens is 434 g/mol. The number of benzene rings is 3. The van der Waals surface area contributed by atoms with Gasteiger partial charge in [-0.3, -0.25) is 9.52 Å². The van der Waals surface area contributed by atoms with Crippen LogP contribution in [0, 0.1) is 6.92 Å². The Hall–Kier alpha value is -2.90. The third-order valence-electron chi connectivity index (χ3n) is 6.26. The van der Waals surface area contributed by atoms with Crippen molar-refractivity contribution in [3.63, 3.8) is 0 Å². The normalized spacial score (nSPS) is 15.4. The van der Waals surface area contributed by atoms with Crippen LogP contribution >= 0.6 is 0 Å². The molecule has 1 aliphatic heterocycles. The van der Waals surface area contributed by atoms with Crippen molar-refractivity contribution >= 4 is 32.4 Å². The number of hydrogen-bond acceptors (Lipinski definition) is 4. The van der Waals surface area contributed by atoms with Crippen molar-refractivity contribution in [3.8, 4) is 0 Å². The maximum absolute atomic E-state index is 13.3. The van der Waals surface area contributed by atoms with Crippen LogP contribution in [0.3, 0.4) is 0 Å². The van der Waals surface area contributed by atoms with Gasteiger partial charge in [-0.25, -0.2) is 8.42 Å². The topological polar surface area (TPSA) is 69.7 Å². The van der Waals surface area contributed by atoms with Crippen LogP contribution in [-0.2, 0) is 10.0 Å². The molecule has 0 spiro atoms. The summed E-state index contributed by atoms with van der Waals surface area (Å²) in [7, 11) is -3.80. The van der Waals surface area contributed by atoms with Gasteiger partial charge in [-0.1, -0.05) is 43.3 Å². The van der Waals surface area contributed by atoms with Gasteiger partial charge in [0.1, 0.15) is 0 Å². The van der Waals surface area contributed by atoms with Crippen molar-refractivity contribution in [2.75, 3.05) is 37.4 Å². The quantitative estimate of drug-likeness (QED) is 0.582. The Morgan fingerprint density at radius 1 is 0.939 bits per heavy atom. The van der Waals surface area contributed by atoms with E-state index in [1.807, 2.05) is 29.2 Å². The lowest BCUT2D eigenvalue weighted by atomic mass is 10.1. The summed E-state index contributed by atoms with van der Waals surface area (Å²) in [5.74, 6) is -0.0439. The number of fused-ring (bicyclic) bond motifs is 1. The Labute approximate surface area is 196 Å². The van der Waals surface area contributed by atoms with E-state index in [1.54, 1.807) is 43.3 Å². The highest BCUT2D eigenvalue weighted by molar-refractivity contribution is 7.92. The molecule has 0 saturated carbocycles. The standard InChI is InChI=1S/C26H31N3O3S/c1-3-14-28-15-7-16-29(18-17-28)26(30)24-10-6-11-25(20(24)2)27-33(31,32)23-13-12-21-8-4-5-9-22(21)19-23/h4-6,8-13,19,27H,3,7,14-18H2,1-2H3. The Morgan fingerprint density at radius 2 is 1.73 bits per heavy atom. The number of hydrogen-bond donors (Lipinski definition) is 1. The molecule has 174 valence electrons. The molecular formula is C26H31N3O3S. The third kappa shape index (κ3) is 5.20. The van der Waals surface area contributed by atoms with Gasteiger partial charge >= 0.3 is 0 Å². The Balaban J connectivity index is 1.55.